The molecule has 0 fully saturated rings. The van der Waals surface area contributed by atoms with E-state index in [0.717, 1.165) is 5.56 Å². The lowest BCUT2D eigenvalue weighted by Crippen LogP contribution is -2.42. The van der Waals surface area contributed by atoms with Crippen molar-refractivity contribution in [3.05, 3.63) is 54.1 Å². The Morgan fingerprint density at radius 1 is 1.08 bits per heavy atom. The highest BCUT2D eigenvalue weighted by molar-refractivity contribution is 14.2. The topological polar surface area (TPSA) is 59.0 Å². The van der Waals surface area contributed by atoms with Crippen molar-refractivity contribution in [2.24, 2.45) is 0 Å². The van der Waals surface area contributed by atoms with Gasteiger partial charge in [-0.1, -0.05) is 12.1 Å². The van der Waals surface area contributed by atoms with Crippen molar-refractivity contribution in [3.8, 4) is 17.2 Å². The molecule has 0 aliphatic heterocycles. The molecule has 9 heteroatoms. The van der Waals surface area contributed by atoms with Crippen LogP contribution >= 0.6 is 80.7 Å². The van der Waals surface area contributed by atoms with Crippen LogP contribution in [0.5, 0.6) is 17.2 Å². The lowest BCUT2D eigenvalue weighted by atomic mass is 10.1. The lowest BCUT2D eigenvalue weighted by molar-refractivity contribution is -0.144. The minimum Gasteiger partial charge on any atom is -0.508 e. The van der Waals surface area contributed by atoms with Crippen LogP contribution in [0.4, 0.5) is 0 Å². The van der Waals surface area contributed by atoms with Crippen molar-refractivity contribution in [1.82, 2.24) is 1.33 Å². The van der Waals surface area contributed by atoms with Gasteiger partial charge in [0.25, 0.3) is 0 Å². The summed E-state index contributed by atoms with van der Waals surface area (Å²) in [7, 11) is 1.39. The van der Waals surface area contributed by atoms with E-state index >= 15 is 0 Å². The Labute approximate surface area is 194 Å². The molecule has 0 heterocycles. The molecule has 2 aromatic carbocycles. The summed E-state index contributed by atoms with van der Waals surface area (Å²) in [6.07, 6.45) is 0.506. The second kappa shape index (κ2) is 10.3. The van der Waals surface area contributed by atoms with Gasteiger partial charge in [0, 0.05) is 52.1 Å². The molecule has 0 spiro atoms. The van der Waals surface area contributed by atoms with E-state index in [0.29, 0.717) is 17.9 Å². The molecule has 0 saturated heterocycles. The average molecular weight is 701 g/mol. The number of alkyl halides is 1. The van der Waals surface area contributed by atoms with E-state index in [1.165, 1.54) is 7.11 Å². The van der Waals surface area contributed by atoms with Crippen LogP contribution in [0.15, 0.2) is 48.5 Å². The third kappa shape index (κ3) is 6.26. The molecule has 0 saturated carbocycles. The first kappa shape index (κ1) is 23.0. The number of rotatable bonds is 6. The fourth-order valence-corrected chi connectivity index (χ4v) is 3.35. The summed E-state index contributed by atoms with van der Waals surface area (Å²) in [5.74, 6) is 1.23. The van der Waals surface area contributed by atoms with Crippen LogP contribution in [-0.4, -0.2) is 23.1 Å². The van der Waals surface area contributed by atoms with Crippen molar-refractivity contribution in [2.75, 3.05) is 7.11 Å². The number of hydrogen-bond donors (Lipinski definition) is 1. The van der Waals surface area contributed by atoms with Crippen LogP contribution in [0, 0.1) is 0 Å². The molecule has 25 heavy (non-hydrogen) atoms. The molecule has 0 aliphatic rings. The quantitative estimate of drug-likeness (QED) is 0.143. The summed E-state index contributed by atoms with van der Waals surface area (Å²) in [5, 5.41) is 9.28. The number of benzene rings is 2. The van der Waals surface area contributed by atoms with Crippen LogP contribution in [-0.2, 0) is 16.0 Å². The molecule has 0 radical (unpaired) electrons. The number of carbonyl (C=O) groups excluding carboxylic acids is 1. The average Bonchev–Trinajstić information content (AvgIpc) is 2.57. The van der Waals surface area contributed by atoms with Crippen LogP contribution in [0.3, 0.4) is 0 Å². The molecule has 2 aromatic rings. The number of ether oxygens (including phenoxy) is 2. The maximum Gasteiger partial charge on any atom is 0.338 e. The van der Waals surface area contributed by atoms with E-state index in [-0.39, 0.29) is 24.1 Å². The van der Waals surface area contributed by atoms with E-state index in [2.05, 4.69) is 68.3 Å². The number of carbonyl (C=O) groups is 1. The van der Waals surface area contributed by atoms with Gasteiger partial charge in [0.15, 0.2) is 3.55 Å². The molecule has 136 valence electrons. The molecule has 0 unspecified atom stereocenters. The predicted molar refractivity (Wildman–Crippen MR) is 124 cm³/mol. The molecule has 1 N–H and O–H groups in total. The largest absolute Gasteiger partial charge is 0.508 e. The molecule has 0 aliphatic carbocycles. The molecule has 2 rings (SSSR count). The minimum absolute atomic E-state index is 0. The maximum atomic E-state index is 12.1. The number of phenolic OH excluding ortho intramolecular Hbond substituents is 1. The van der Waals surface area contributed by atoms with Gasteiger partial charge in [-0.05, 0) is 64.6 Å². The zero-order valence-corrected chi connectivity index (χ0v) is 20.3. The normalized spacial score (nSPS) is 12.8. The van der Waals surface area contributed by atoms with E-state index in [4.69, 9.17) is 9.47 Å². The number of aromatic hydroxyl groups is 1. The number of nitrogens with zero attached hydrogens (tertiary/aromatic N) is 1. The summed E-state index contributed by atoms with van der Waals surface area (Å²) in [4.78, 5) is 12.1. The first-order chi connectivity index (χ1) is 11.3. The molecule has 0 aromatic heterocycles. The summed E-state index contributed by atoms with van der Waals surface area (Å²) in [5.41, 5.74) is 0.992. The van der Waals surface area contributed by atoms with E-state index in [1.807, 2.05) is 24.3 Å². The fraction of sp³-hybridized carbons (Fsp3) is 0.188. The van der Waals surface area contributed by atoms with Crippen LogP contribution in [0.1, 0.15) is 5.56 Å². The minimum atomic E-state index is -0.785. The number of phenols is 1. The number of halogens is 4. The number of esters is 1. The third-order valence-corrected chi connectivity index (χ3v) is 8.00. The fourth-order valence-electron chi connectivity index (χ4n) is 1.95. The number of methoxy groups -OCH3 is 1. The Hall–Kier alpha value is -0.0500. The van der Waals surface area contributed by atoms with E-state index in [9.17, 15) is 9.90 Å². The Balaban J connectivity index is 0.00000312. The Kier molecular flexibility index (Phi) is 9.50. The van der Waals surface area contributed by atoms with Crippen molar-refractivity contribution in [3.63, 3.8) is 0 Å². The monoisotopic (exact) mass is 701 g/mol. The van der Waals surface area contributed by atoms with Gasteiger partial charge in [0.05, 0.1) is 7.11 Å². The van der Waals surface area contributed by atoms with Gasteiger partial charge in [-0.15, -0.1) is 12.4 Å². The predicted octanol–water partition coefficient (Wildman–Crippen LogP) is 5.46. The zero-order chi connectivity index (χ0) is 17.7. The van der Waals surface area contributed by atoms with E-state index < -0.39 is 3.55 Å². The van der Waals surface area contributed by atoms with Gasteiger partial charge in [0.1, 0.15) is 17.2 Å². The molecule has 0 bridgehead atoms. The summed E-state index contributed by atoms with van der Waals surface area (Å²) in [6.45, 7) is 0. The van der Waals surface area contributed by atoms with Crippen LogP contribution in [0.25, 0.3) is 0 Å². The summed E-state index contributed by atoms with van der Waals surface area (Å²) >= 11 is 6.26. The van der Waals surface area contributed by atoms with Gasteiger partial charge in [-0.25, -0.2) is 4.79 Å². The third-order valence-electron chi connectivity index (χ3n) is 3.20. The smallest absolute Gasteiger partial charge is 0.338 e. The second-order valence-corrected chi connectivity index (χ2v) is 10.5. The van der Waals surface area contributed by atoms with Gasteiger partial charge < -0.3 is 14.6 Å². The molecule has 5 nitrogen and oxygen atoms in total. The summed E-state index contributed by atoms with van der Waals surface area (Å²) < 4.78 is 11.6. The van der Waals surface area contributed by atoms with Crippen LogP contribution < -0.4 is 4.74 Å². The van der Waals surface area contributed by atoms with E-state index in [1.54, 1.807) is 25.6 Å². The highest BCUT2D eigenvalue weighted by atomic mass is 127. The highest BCUT2D eigenvalue weighted by Gasteiger charge is 2.41. The van der Waals surface area contributed by atoms with Gasteiger partial charge in [-0.2, -0.15) is 1.33 Å². The molecule has 0 amide bonds. The molecule has 1 atom stereocenters. The SMILES string of the molecule is COC(=O)[C@](I)(Cc1ccc(Oc2ccc(O)cc2)cc1)N(I)I.Cl. The number of hydrogen-bond acceptors (Lipinski definition) is 5. The van der Waals surface area contributed by atoms with Crippen molar-refractivity contribution >= 4 is 86.7 Å². The maximum absolute atomic E-state index is 12.1. The summed E-state index contributed by atoms with van der Waals surface area (Å²) in [6, 6.07) is 14.1. The van der Waals surface area contributed by atoms with Crippen LogP contribution in [0.2, 0.25) is 0 Å². The van der Waals surface area contributed by atoms with Gasteiger partial charge >= 0.3 is 5.97 Å². The van der Waals surface area contributed by atoms with Gasteiger partial charge in [-0.3, -0.25) is 0 Å². The second-order valence-electron chi connectivity index (χ2n) is 4.90. The Bertz CT molecular complexity index is 698. The molecular formula is C16H15ClI3NO4. The first-order valence-corrected chi connectivity index (χ1v) is 9.81. The first-order valence-electron chi connectivity index (χ1n) is 6.80. The zero-order valence-electron chi connectivity index (χ0n) is 13.0. The van der Waals surface area contributed by atoms with Crippen molar-refractivity contribution in [2.45, 2.75) is 9.97 Å². The highest BCUT2D eigenvalue weighted by Crippen LogP contribution is 2.36. The standard InChI is InChI=1S/C16H14I3NO4.ClH/c1-23-15(22)16(17,20(18)19)10-11-2-6-13(7-3-11)24-14-8-4-12(21)5-9-14;/h2-9,21H,10H2,1H3;1H/t16-;/m0./s1. The van der Waals surface area contributed by atoms with Crippen molar-refractivity contribution in [1.29, 1.82) is 0 Å². The Morgan fingerprint density at radius 3 is 2.00 bits per heavy atom. The molecular weight excluding hydrogens is 686 g/mol. The van der Waals surface area contributed by atoms with Crippen molar-refractivity contribution < 1.29 is 19.4 Å². The van der Waals surface area contributed by atoms with Gasteiger partial charge in [0.2, 0.25) is 0 Å². The Morgan fingerprint density at radius 2 is 1.56 bits per heavy atom. The lowest BCUT2D eigenvalue weighted by Gasteiger charge is -2.28.